The van der Waals surface area contributed by atoms with E-state index in [0.717, 1.165) is 5.56 Å². The Morgan fingerprint density at radius 2 is 2.00 bits per heavy atom. The Balaban J connectivity index is 2.09. The maximum Gasteiger partial charge on any atom is 0.212 e. The van der Waals surface area contributed by atoms with Crippen LogP contribution in [0.5, 0.6) is 0 Å². The van der Waals surface area contributed by atoms with Crippen molar-refractivity contribution in [2.75, 3.05) is 5.75 Å². The molecule has 1 aromatic carbocycles. The summed E-state index contributed by atoms with van der Waals surface area (Å²) in [6, 6.07) is 10.3. The van der Waals surface area contributed by atoms with Gasteiger partial charge in [0, 0.05) is 0 Å². The molecule has 0 amide bonds. The zero-order chi connectivity index (χ0) is 13.9. The van der Waals surface area contributed by atoms with Gasteiger partial charge >= 0.3 is 0 Å². The van der Waals surface area contributed by atoms with Crippen molar-refractivity contribution in [3.63, 3.8) is 0 Å². The summed E-state index contributed by atoms with van der Waals surface area (Å²) in [6.45, 7) is 1.89. The van der Waals surface area contributed by atoms with Gasteiger partial charge in [-0.15, -0.1) is 0 Å². The van der Waals surface area contributed by atoms with E-state index in [2.05, 4.69) is 0 Å². The van der Waals surface area contributed by atoms with E-state index in [0.29, 0.717) is 5.56 Å². The van der Waals surface area contributed by atoms with E-state index >= 15 is 0 Å². The predicted octanol–water partition coefficient (Wildman–Crippen LogP) is 2.39. The van der Waals surface area contributed by atoms with Crippen LogP contribution in [0.15, 0.2) is 47.1 Å². The van der Waals surface area contributed by atoms with Crippen LogP contribution >= 0.6 is 0 Å². The lowest BCUT2D eigenvalue weighted by molar-refractivity contribution is 0.0990. The number of Topliss-reactive ketones (excluding diaryl/α,β-unsaturated/α-hetero) is 1. The van der Waals surface area contributed by atoms with Gasteiger partial charge in [-0.3, -0.25) is 4.79 Å². The monoisotopic (exact) mass is 278 g/mol. The predicted molar refractivity (Wildman–Crippen MR) is 71.7 cm³/mol. The first kappa shape index (κ1) is 13.5. The number of sulfone groups is 1. The van der Waals surface area contributed by atoms with Crippen LogP contribution in [0.4, 0.5) is 0 Å². The molecule has 0 unspecified atom stereocenters. The third kappa shape index (κ3) is 3.79. The number of benzene rings is 1. The van der Waals surface area contributed by atoms with Crippen molar-refractivity contribution in [2.45, 2.75) is 12.7 Å². The molecule has 0 radical (unpaired) electrons. The van der Waals surface area contributed by atoms with E-state index in [9.17, 15) is 13.2 Å². The third-order valence-electron chi connectivity index (χ3n) is 2.62. The molecule has 4 nitrogen and oxygen atoms in total. The SMILES string of the molecule is Cc1cccc(CS(=O)(=O)CC(=O)c2ccco2)c1. The van der Waals surface area contributed by atoms with Crippen LogP contribution < -0.4 is 0 Å². The molecular formula is C14H14O4S. The molecule has 0 aliphatic rings. The van der Waals surface area contributed by atoms with Crippen LogP contribution in [0.1, 0.15) is 21.7 Å². The molecule has 2 rings (SSSR count). The number of aryl methyl sites for hydroxylation is 1. The maximum atomic E-state index is 12.0. The Kier molecular flexibility index (Phi) is 3.85. The minimum absolute atomic E-state index is 0.0767. The number of ketones is 1. The van der Waals surface area contributed by atoms with E-state index in [1.807, 2.05) is 13.0 Å². The first-order valence-electron chi connectivity index (χ1n) is 5.79. The molecule has 1 heterocycles. The summed E-state index contributed by atoms with van der Waals surface area (Å²) in [5.41, 5.74) is 1.68. The molecule has 2 aromatic rings. The molecule has 0 spiro atoms. The van der Waals surface area contributed by atoms with Crippen molar-refractivity contribution >= 4 is 15.6 Å². The first-order chi connectivity index (χ1) is 8.96. The minimum Gasteiger partial charge on any atom is -0.461 e. The fourth-order valence-electron chi connectivity index (χ4n) is 1.81. The van der Waals surface area contributed by atoms with Crippen molar-refractivity contribution in [1.29, 1.82) is 0 Å². The highest BCUT2D eigenvalue weighted by molar-refractivity contribution is 7.91. The summed E-state index contributed by atoms with van der Waals surface area (Å²) >= 11 is 0. The van der Waals surface area contributed by atoms with Gasteiger partial charge in [0.15, 0.2) is 15.6 Å². The van der Waals surface area contributed by atoms with Gasteiger partial charge in [0.05, 0.1) is 12.0 Å². The van der Waals surface area contributed by atoms with E-state index in [1.165, 1.54) is 12.3 Å². The molecule has 0 saturated heterocycles. The zero-order valence-corrected chi connectivity index (χ0v) is 11.3. The normalized spacial score (nSPS) is 11.4. The van der Waals surface area contributed by atoms with Crippen molar-refractivity contribution in [3.05, 3.63) is 59.5 Å². The minimum atomic E-state index is -3.49. The maximum absolute atomic E-state index is 12.0. The number of furan rings is 1. The molecule has 0 N–H and O–H groups in total. The second-order valence-electron chi connectivity index (χ2n) is 4.42. The summed E-state index contributed by atoms with van der Waals surface area (Å²) in [7, 11) is -3.49. The highest BCUT2D eigenvalue weighted by atomic mass is 32.2. The topological polar surface area (TPSA) is 64.3 Å². The summed E-state index contributed by atoms with van der Waals surface area (Å²) in [6.07, 6.45) is 1.35. The van der Waals surface area contributed by atoms with Gasteiger partial charge in [-0.25, -0.2) is 8.42 Å². The molecule has 0 bridgehead atoms. The highest BCUT2D eigenvalue weighted by Crippen LogP contribution is 2.11. The number of hydrogen-bond acceptors (Lipinski definition) is 4. The summed E-state index contributed by atoms with van der Waals surface area (Å²) < 4.78 is 28.8. The van der Waals surface area contributed by atoms with Crippen LogP contribution in [0.2, 0.25) is 0 Å². The van der Waals surface area contributed by atoms with Gasteiger partial charge < -0.3 is 4.42 Å². The molecule has 19 heavy (non-hydrogen) atoms. The molecule has 0 aliphatic heterocycles. The molecule has 0 aliphatic carbocycles. The Bertz CT molecular complexity index is 669. The lowest BCUT2D eigenvalue weighted by atomic mass is 10.2. The zero-order valence-electron chi connectivity index (χ0n) is 10.5. The summed E-state index contributed by atoms with van der Waals surface area (Å²) in [4.78, 5) is 11.7. The largest absolute Gasteiger partial charge is 0.461 e. The van der Waals surface area contributed by atoms with Gasteiger partial charge in [-0.2, -0.15) is 0 Å². The van der Waals surface area contributed by atoms with Gasteiger partial charge in [0.1, 0.15) is 5.75 Å². The van der Waals surface area contributed by atoms with Crippen molar-refractivity contribution < 1.29 is 17.6 Å². The second kappa shape index (κ2) is 5.40. The lowest BCUT2D eigenvalue weighted by Crippen LogP contribution is -2.17. The average Bonchev–Trinajstić information content (AvgIpc) is 2.80. The standard InChI is InChI=1S/C14H14O4S/c1-11-4-2-5-12(8-11)9-19(16,17)10-13(15)14-6-3-7-18-14/h2-8H,9-10H2,1H3. The molecule has 100 valence electrons. The smallest absolute Gasteiger partial charge is 0.212 e. The van der Waals surface area contributed by atoms with Gasteiger partial charge in [0.2, 0.25) is 5.78 Å². The van der Waals surface area contributed by atoms with E-state index in [4.69, 9.17) is 4.42 Å². The van der Waals surface area contributed by atoms with Gasteiger partial charge in [-0.05, 0) is 24.6 Å². The Hall–Kier alpha value is -1.88. The number of carbonyl (C=O) groups excluding carboxylic acids is 1. The van der Waals surface area contributed by atoms with Crippen LogP contribution in [0, 0.1) is 6.92 Å². The van der Waals surface area contributed by atoms with Gasteiger partial charge in [0.25, 0.3) is 0 Å². The number of carbonyl (C=O) groups is 1. The molecule has 0 atom stereocenters. The Morgan fingerprint density at radius 3 is 2.63 bits per heavy atom. The van der Waals surface area contributed by atoms with Crippen molar-refractivity contribution in [1.82, 2.24) is 0 Å². The molecule has 1 aromatic heterocycles. The van der Waals surface area contributed by atoms with E-state index in [1.54, 1.807) is 24.3 Å². The molecular weight excluding hydrogens is 264 g/mol. The number of rotatable bonds is 5. The number of hydrogen-bond donors (Lipinski definition) is 0. The fourth-order valence-corrected chi connectivity index (χ4v) is 3.15. The summed E-state index contributed by atoms with van der Waals surface area (Å²) in [5.74, 6) is -1.11. The summed E-state index contributed by atoms with van der Waals surface area (Å²) in [5, 5.41) is 0. The van der Waals surface area contributed by atoms with Crippen molar-refractivity contribution in [3.8, 4) is 0 Å². The molecule has 0 saturated carbocycles. The average molecular weight is 278 g/mol. The molecule has 5 heteroatoms. The Morgan fingerprint density at radius 1 is 1.21 bits per heavy atom. The van der Waals surface area contributed by atoms with Crippen molar-refractivity contribution in [2.24, 2.45) is 0 Å². The van der Waals surface area contributed by atoms with Crippen LogP contribution in [0.25, 0.3) is 0 Å². The first-order valence-corrected chi connectivity index (χ1v) is 7.61. The fraction of sp³-hybridized carbons (Fsp3) is 0.214. The lowest BCUT2D eigenvalue weighted by Gasteiger charge is -2.04. The highest BCUT2D eigenvalue weighted by Gasteiger charge is 2.20. The quantitative estimate of drug-likeness (QED) is 0.788. The third-order valence-corrected chi connectivity index (χ3v) is 4.09. The molecule has 0 fully saturated rings. The van der Waals surface area contributed by atoms with Crippen LogP contribution in [-0.4, -0.2) is 20.0 Å². The van der Waals surface area contributed by atoms with E-state index < -0.39 is 21.4 Å². The van der Waals surface area contributed by atoms with E-state index in [-0.39, 0.29) is 11.5 Å². The van der Waals surface area contributed by atoms with Crippen LogP contribution in [0.3, 0.4) is 0 Å². The second-order valence-corrected chi connectivity index (χ2v) is 6.49. The van der Waals surface area contributed by atoms with Gasteiger partial charge in [-0.1, -0.05) is 29.8 Å². The Labute approximate surface area is 112 Å². The van der Waals surface area contributed by atoms with Crippen LogP contribution in [-0.2, 0) is 15.6 Å².